The van der Waals surface area contributed by atoms with Crippen LogP contribution in [0.1, 0.15) is 31.7 Å². The molecule has 1 N–H and O–H groups in total. The Labute approximate surface area is 176 Å². The van der Waals surface area contributed by atoms with Gasteiger partial charge in [-0.1, -0.05) is 37.6 Å². The molecule has 0 saturated heterocycles. The minimum Gasteiger partial charge on any atom is -0.467 e. The number of rotatable bonds is 10. The Bertz CT molecular complexity index is 825. The highest BCUT2D eigenvalue weighted by Crippen LogP contribution is 2.20. The number of alkyl carbamates (subject to hydrolysis) is 1. The number of esters is 1. The maximum atomic E-state index is 11.9. The summed E-state index contributed by atoms with van der Waals surface area (Å²) in [6, 6.07) is 8.78. The molecule has 0 saturated carbocycles. The highest BCUT2D eigenvalue weighted by molar-refractivity contribution is 5.81. The van der Waals surface area contributed by atoms with Crippen molar-refractivity contribution in [3.8, 4) is 0 Å². The van der Waals surface area contributed by atoms with E-state index in [0.29, 0.717) is 12.6 Å². The Morgan fingerprint density at radius 3 is 2.53 bits per heavy atom. The molecule has 0 spiro atoms. The predicted molar refractivity (Wildman–Crippen MR) is 115 cm³/mol. The third-order valence-electron chi connectivity index (χ3n) is 4.32. The zero-order chi connectivity index (χ0) is 21.8. The molecule has 8 heteroatoms. The molecule has 0 bridgehead atoms. The second-order valence-electron chi connectivity index (χ2n) is 6.55. The molecule has 0 aliphatic carbocycles. The van der Waals surface area contributed by atoms with Gasteiger partial charge < -0.3 is 19.7 Å². The predicted octanol–water partition coefficient (Wildman–Crippen LogP) is 3.72. The van der Waals surface area contributed by atoms with Crippen molar-refractivity contribution in [1.82, 2.24) is 15.3 Å². The molecule has 1 atom stereocenters. The SMILES string of the molecule is CCCCOC(=O)NC(CC=Cc1ccc(N(C)c2ncccn2)cc1)C(=O)OC. The number of hydrogen-bond acceptors (Lipinski definition) is 7. The quantitative estimate of drug-likeness (QED) is 0.469. The van der Waals surface area contributed by atoms with Crippen LogP contribution in [0.25, 0.3) is 6.08 Å². The van der Waals surface area contributed by atoms with E-state index in [0.717, 1.165) is 24.1 Å². The van der Waals surface area contributed by atoms with E-state index in [-0.39, 0.29) is 6.42 Å². The highest BCUT2D eigenvalue weighted by atomic mass is 16.6. The molecule has 8 nitrogen and oxygen atoms in total. The van der Waals surface area contributed by atoms with Crippen molar-refractivity contribution < 1.29 is 19.1 Å². The number of carbonyl (C=O) groups excluding carboxylic acids is 2. The van der Waals surface area contributed by atoms with Gasteiger partial charge in [-0.2, -0.15) is 0 Å². The summed E-state index contributed by atoms with van der Waals surface area (Å²) >= 11 is 0. The molecule has 2 rings (SSSR count). The lowest BCUT2D eigenvalue weighted by Gasteiger charge is -2.16. The zero-order valence-corrected chi connectivity index (χ0v) is 17.6. The van der Waals surface area contributed by atoms with Crippen molar-refractivity contribution >= 4 is 29.8 Å². The first-order valence-corrected chi connectivity index (χ1v) is 9.83. The van der Waals surface area contributed by atoms with Crippen LogP contribution in [0.3, 0.4) is 0 Å². The van der Waals surface area contributed by atoms with Gasteiger partial charge in [0.15, 0.2) is 0 Å². The van der Waals surface area contributed by atoms with Gasteiger partial charge in [0.25, 0.3) is 0 Å². The zero-order valence-electron chi connectivity index (χ0n) is 17.6. The second-order valence-corrected chi connectivity index (χ2v) is 6.55. The Morgan fingerprint density at radius 2 is 1.90 bits per heavy atom. The minimum atomic E-state index is -0.805. The van der Waals surface area contributed by atoms with Crippen LogP contribution in [0, 0.1) is 0 Å². The summed E-state index contributed by atoms with van der Waals surface area (Å²) in [4.78, 5) is 34.1. The fourth-order valence-corrected chi connectivity index (χ4v) is 2.58. The molecule has 1 unspecified atom stereocenters. The van der Waals surface area contributed by atoms with Gasteiger partial charge in [-0.05, 0) is 36.6 Å². The first-order valence-electron chi connectivity index (χ1n) is 9.83. The molecule has 1 amide bonds. The molecule has 2 aromatic rings. The molecule has 0 aliphatic rings. The average molecular weight is 412 g/mol. The lowest BCUT2D eigenvalue weighted by atomic mass is 10.1. The summed E-state index contributed by atoms with van der Waals surface area (Å²) in [5, 5.41) is 2.55. The van der Waals surface area contributed by atoms with Gasteiger partial charge in [0.05, 0.1) is 13.7 Å². The van der Waals surface area contributed by atoms with Crippen molar-refractivity contribution in [3.05, 3.63) is 54.4 Å². The van der Waals surface area contributed by atoms with E-state index in [1.807, 2.05) is 55.3 Å². The maximum absolute atomic E-state index is 11.9. The van der Waals surface area contributed by atoms with E-state index in [1.54, 1.807) is 18.5 Å². The van der Waals surface area contributed by atoms with Crippen LogP contribution in [0.2, 0.25) is 0 Å². The molecule has 0 fully saturated rings. The number of nitrogens with zero attached hydrogens (tertiary/aromatic N) is 3. The molecule has 1 aromatic heterocycles. The van der Waals surface area contributed by atoms with E-state index >= 15 is 0 Å². The Kier molecular flexibility index (Phi) is 9.30. The fourth-order valence-electron chi connectivity index (χ4n) is 2.58. The Balaban J connectivity index is 1.94. The molecule has 1 heterocycles. The van der Waals surface area contributed by atoms with Crippen LogP contribution < -0.4 is 10.2 Å². The smallest absolute Gasteiger partial charge is 0.407 e. The number of unbranched alkanes of at least 4 members (excludes halogenated alkanes) is 1. The normalized spacial score (nSPS) is 11.7. The van der Waals surface area contributed by atoms with E-state index in [4.69, 9.17) is 9.47 Å². The monoisotopic (exact) mass is 412 g/mol. The van der Waals surface area contributed by atoms with E-state index in [9.17, 15) is 9.59 Å². The standard InChI is InChI=1S/C22H28N4O4/c1-4-5-16-30-22(28)25-19(20(27)29-3)9-6-8-17-10-12-18(13-11-17)26(2)21-23-14-7-15-24-21/h6-8,10-15,19H,4-5,9,16H2,1-3H3,(H,25,28). The van der Waals surface area contributed by atoms with Crippen LogP contribution in [0.15, 0.2) is 48.8 Å². The average Bonchev–Trinajstić information content (AvgIpc) is 2.78. The molecule has 0 radical (unpaired) electrons. The minimum absolute atomic E-state index is 0.287. The van der Waals surface area contributed by atoms with Gasteiger partial charge in [-0.25, -0.2) is 19.6 Å². The topological polar surface area (TPSA) is 93.6 Å². The van der Waals surface area contributed by atoms with E-state index in [1.165, 1.54) is 7.11 Å². The van der Waals surface area contributed by atoms with Crippen molar-refractivity contribution in [3.63, 3.8) is 0 Å². The van der Waals surface area contributed by atoms with Crippen LogP contribution in [0.4, 0.5) is 16.4 Å². The molecular formula is C22H28N4O4. The summed E-state index contributed by atoms with van der Waals surface area (Å²) in [6.45, 7) is 2.32. The molecule has 1 aromatic carbocycles. The third-order valence-corrected chi connectivity index (χ3v) is 4.32. The number of methoxy groups -OCH3 is 1. The Hall–Kier alpha value is -3.42. The van der Waals surface area contributed by atoms with Gasteiger partial charge >= 0.3 is 12.1 Å². The van der Waals surface area contributed by atoms with Crippen LogP contribution in [-0.4, -0.2) is 48.8 Å². The number of benzene rings is 1. The summed E-state index contributed by atoms with van der Waals surface area (Å²) in [7, 11) is 3.18. The third kappa shape index (κ3) is 7.20. The van der Waals surface area contributed by atoms with Gasteiger partial charge in [0.1, 0.15) is 6.04 Å². The van der Waals surface area contributed by atoms with Crippen molar-refractivity contribution in [2.75, 3.05) is 25.7 Å². The van der Waals surface area contributed by atoms with Gasteiger partial charge in [0, 0.05) is 25.1 Å². The molecule has 160 valence electrons. The Morgan fingerprint density at radius 1 is 1.20 bits per heavy atom. The maximum Gasteiger partial charge on any atom is 0.407 e. The number of carbonyl (C=O) groups is 2. The highest BCUT2D eigenvalue weighted by Gasteiger charge is 2.20. The molecular weight excluding hydrogens is 384 g/mol. The van der Waals surface area contributed by atoms with Crippen molar-refractivity contribution in [2.24, 2.45) is 0 Å². The molecule has 30 heavy (non-hydrogen) atoms. The van der Waals surface area contributed by atoms with Gasteiger partial charge in [-0.3, -0.25) is 0 Å². The van der Waals surface area contributed by atoms with Gasteiger partial charge in [0.2, 0.25) is 5.95 Å². The fraction of sp³-hybridized carbons (Fsp3) is 0.364. The van der Waals surface area contributed by atoms with Crippen LogP contribution >= 0.6 is 0 Å². The van der Waals surface area contributed by atoms with Crippen LogP contribution in [-0.2, 0) is 14.3 Å². The summed E-state index contributed by atoms with van der Waals surface area (Å²) in [5.41, 5.74) is 1.90. The number of ether oxygens (including phenoxy) is 2. The molecule has 0 aliphatic heterocycles. The largest absolute Gasteiger partial charge is 0.467 e. The first-order chi connectivity index (χ1) is 14.5. The number of nitrogens with one attached hydrogen (secondary N) is 1. The number of aromatic nitrogens is 2. The second kappa shape index (κ2) is 12.2. The van der Waals surface area contributed by atoms with Gasteiger partial charge in [-0.15, -0.1) is 0 Å². The number of hydrogen-bond donors (Lipinski definition) is 1. The lowest BCUT2D eigenvalue weighted by molar-refractivity contribution is -0.142. The summed E-state index contributed by atoms with van der Waals surface area (Å²) < 4.78 is 9.81. The van der Waals surface area contributed by atoms with Crippen LogP contribution in [0.5, 0.6) is 0 Å². The summed E-state index contributed by atoms with van der Waals surface area (Å²) in [5.74, 6) is 0.0885. The van der Waals surface area contributed by atoms with E-state index < -0.39 is 18.1 Å². The number of amides is 1. The van der Waals surface area contributed by atoms with E-state index in [2.05, 4.69) is 15.3 Å². The number of anilines is 2. The lowest BCUT2D eigenvalue weighted by Crippen LogP contribution is -2.41. The first kappa shape index (κ1) is 22.9. The van der Waals surface area contributed by atoms with Crippen molar-refractivity contribution in [2.45, 2.75) is 32.2 Å². The van der Waals surface area contributed by atoms with Crippen molar-refractivity contribution in [1.29, 1.82) is 0 Å². The summed E-state index contributed by atoms with van der Waals surface area (Å²) in [6.07, 6.45) is 8.44.